The van der Waals surface area contributed by atoms with Crippen molar-refractivity contribution >= 4 is 0 Å². The summed E-state index contributed by atoms with van der Waals surface area (Å²) in [6.45, 7) is 1.65. The van der Waals surface area contributed by atoms with Crippen molar-refractivity contribution in [3.05, 3.63) is 11.8 Å². The number of ether oxygens (including phenoxy) is 1. The number of allylic oxidation sites excluding steroid dienone is 2. The zero-order valence-corrected chi connectivity index (χ0v) is 6.53. The summed E-state index contributed by atoms with van der Waals surface area (Å²) in [5.41, 5.74) is 0. The fourth-order valence-electron chi connectivity index (χ4n) is 0.629. The molecule has 0 radical (unpaired) electrons. The molecule has 11 heavy (non-hydrogen) atoms. The van der Waals surface area contributed by atoms with E-state index in [1.54, 1.807) is 6.92 Å². The lowest BCUT2D eigenvalue weighted by atomic mass is 10.2. The van der Waals surface area contributed by atoms with E-state index >= 15 is 0 Å². The normalized spacial score (nSPS) is 13.4. The molecule has 0 amide bonds. The van der Waals surface area contributed by atoms with Gasteiger partial charge in [0.15, 0.2) is 0 Å². The van der Waals surface area contributed by atoms with E-state index in [0.29, 0.717) is 5.76 Å². The van der Waals surface area contributed by atoms with Gasteiger partial charge < -0.3 is 4.74 Å². The van der Waals surface area contributed by atoms with Crippen molar-refractivity contribution in [2.75, 3.05) is 7.11 Å². The molecule has 0 saturated heterocycles. The van der Waals surface area contributed by atoms with E-state index in [4.69, 9.17) is 0 Å². The molecule has 0 spiro atoms. The first-order valence-electron chi connectivity index (χ1n) is 3.25. The lowest BCUT2D eigenvalue weighted by Crippen LogP contribution is -2.07. The van der Waals surface area contributed by atoms with Gasteiger partial charge in [0.05, 0.1) is 19.3 Å². The van der Waals surface area contributed by atoms with Gasteiger partial charge in [-0.05, 0) is 13.0 Å². The summed E-state index contributed by atoms with van der Waals surface area (Å²) < 4.78 is 39.5. The highest BCUT2D eigenvalue weighted by Crippen LogP contribution is 2.23. The largest absolute Gasteiger partial charge is 0.501 e. The Morgan fingerprint density at radius 1 is 1.45 bits per heavy atom. The highest BCUT2D eigenvalue weighted by atomic mass is 19.4. The van der Waals surface area contributed by atoms with Crippen LogP contribution in [0.5, 0.6) is 0 Å². The highest BCUT2D eigenvalue weighted by molar-refractivity contribution is 4.90. The third-order valence-electron chi connectivity index (χ3n) is 1.24. The standard InChI is InChI=1S/C7H11F3O/c1-3-6(11-2)4-5-7(8,9)10/h3H,4-5H2,1-2H3. The maximum Gasteiger partial charge on any atom is 0.389 e. The fraction of sp³-hybridized carbons (Fsp3) is 0.714. The van der Waals surface area contributed by atoms with E-state index in [-0.39, 0.29) is 6.42 Å². The number of alkyl halides is 3. The van der Waals surface area contributed by atoms with Crippen LogP contribution in [-0.4, -0.2) is 13.3 Å². The molecule has 0 saturated carbocycles. The predicted octanol–water partition coefficient (Wildman–Crippen LogP) is 2.88. The maximum absolute atomic E-state index is 11.6. The maximum atomic E-state index is 11.6. The summed E-state index contributed by atoms with van der Waals surface area (Å²) in [5.74, 6) is 0.377. The van der Waals surface area contributed by atoms with Crippen LogP contribution >= 0.6 is 0 Å². The summed E-state index contributed by atoms with van der Waals surface area (Å²) in [6, 6.07) is 0. The Bertz CT molecular complexity index is 137. The van der Waals surface area contributed by atoms with Gasteiger partial charge >= 0.3 is 6.18 Å². The third kappa shape index (κ3) is 5.76. The fourth-order valence-corrected chi connectivity index (χ4v) is 0.629. The Labute approximate surface area is 63.8 Å². The van der Waals surface area contributed by atoms with Gasteiger partial charge in [-0.25, -0.2) is 0 Å². The molecule has 66 valence electrons. The molecule has 0 unspecified atom stereocenters. The Balaban J connectivity index is 3.70. The second kappa shape index (κ2) is 4.26. The van der Waals surface area contributed by atoms with E-state index in [0.717, 1.165) is 0 Å². The number of methoxy groups -OCH3 is 1. The van der Waals surface area contributed by atoms with Gasteiger partial charge in [-0.15, -0.1) is 0 Å². The van der Waals surface area contributed by atoms with E-state index in [1.165, 1.54) is 13.2 Å². The minimum atomic E-state index is -4.09. The highest BCUT2D eigenvalue weighted by Gasteiger charge is 2.26. The van der Waals surface area contributed by atoms with Crippen LogP contribution in [0, 0.1) is 0 Å². The first-order chi connectivity index (χ1) is 4.99. The molecule has 0 aromatic rings. The summed E-state index contributed by atoms with van der Waals surface area (Å²) in [5, 5.41) is 0. The van der Waals surface area contributed by atoms with Crippen LogP contribution in [0.1, 0.15) is 19.8 Å². The van der Waals surface area contributed by atoms with E-state index in [2.05, 4.69) is 4.74 Å². The zero-order chi connectivity index (χ0) is 8.91. The third-order valence-corrected chi connectivity index (χ3v) is 1.24. The molecule has 1 nitrogen and oxygen atoms in total. The van der Waals surface area contributed by atoms with Crippen LogP contribution < -0.4 is 0 Å². The molecule has 0 aromatic carbocycles. The number of halogens is 3. The number of rotatable bonds is 3. The first kappa shape index (κ1) is 10.3. The monoisotopic (exact) mass is 168 g/mol. The minimum absolute atomic E-state index is 0.0729. The van der Waals surface area contributed by atoms with Crippen LogP contribution in [0.2, 0.25) is 0 Å². The second-order valence-electron chi connectivity index (χ2n) is 2.07. The molecule has 0 bridgehead atoms. The minimum Gasteiger partial charge on any atom is -0.501 e. The van der Waals surface area contributed by atoms with Gasteiger partial charge in [-0.2, -0.15) is 13.2 Å². The van der Waals surface area contributed by atoms with Gasteiger partial charge in [0.25, 0.3) is 0 Å². The quantitative estimate of drug-likeness (QED) is 0.589. The van der Waals surface area contributed by atoms with Gasteiger partial charge in [-0.1, -0.05) is 0 Å². The van der Waals surface area contributed by atoms with E-state index < -0.39 is 12.6 Å². The molecule has 0 rings (SSSR count). The molecule has 0 heterocycles. The molecule has 0 N–H and O–H groups in total. The number of hydrogen-bond donors (Lipinski definition) is 0. The van der Waals surface area contributed by atoms with Gasteiger partial charge in [0.2, 0.25) is 0 Å². The summed E-state index contributed by atoms with van der Waals surface area (Å²) >= 11 is 0. The molecule has 0 fully saturated rings. The lowest BCUT2D eigenvalue weighted by molar-refractivity contribution is -0.135. The lowest BCUT2D eigenvalue weighted by Gasteiger charge is -2.07. The smallest absolute Gasteiger partial charge is 0.389 e. The summed E-state index contributed by atoms with van der Waals surface area (Å²) in [6.07, 6.45) is -3.45. The molecule has 0 aromatic heterocycles. The van der Waals surface area contributed by atoms with Crippen molar-refractivity contribution in [2.45, 2.75) is 25.9 Å². The van der Waals surface area contributed by atoms with Crippen molar-refractivity contribution in [1.82, 2.24) is 0 Å². The molecule has 4 heteroatoms. The topological polar surface area (TPSA) is 9.23 Å². The van der Waals surface area contributed by atoms with Crippen molar-refractivity contribution in [3.8, 4) is 0 Å². The molecule has 0 aliphatic rings. The first-order valence-corrected chi connectivity index (χ1v) is 3.25. The van der Waals surface area contributed by atoms with Crippen LogP contribution in [0.4, 0.5) is 13.2 Å². The van der Waals surface area contributed by atoms with Crippen LogP contribution in [0.3, 0.4) is 0 Å². The zero-order valence-electron chi connectivity index (χ0n) is 6.53. The Morgan fingerprint density at radius 3 is 2.27 bits per heavy atom. The molecular formula is C7H11F3O. The van der Waals surface area contributed by atoms with E-state index in [9.17, 15) is 13.2 Å². The van der Waals surface area contributed by atoms with E-state index in [1.807, 2.05) is 0 Å². The average molecular weight is 168 g/mol. The summed E-state index contributed by atoms with van der Waals surface area (Å²) in [7, 11) is 1.37. The molecule has 0 atom stereocenters. The average Bonchev–Trinajstić information content (AvgIpc) is 1.88. The van der Waals surface area contributed by atoms with Crippen molar-refractivity contribution in [3.63, 3.8) is 0 Å². The Kier molecular flexibility index (Phi) is 4.00. The molecule has 0 aliphatic carbocycles. The van der Waals surface area contributed by atoms with Crippen LogP contribution in [-0.2, 0) is 4.74 Å². The SMILES string of the molecule is CC=C(CCC(F)(F)F)OC. The Morgan fingerprint density at radius 2 is 2.00 bits per heavy atom. The molecular weight excluding hydrogens is 157 g/mol. The predicted molar refractivity (Wildman–Crippen MR) is 36.1 cm³/mol. The van der Waals surface area contributed by atoms with Gasteiger partial charge in [0, 0.05) is 6.42 Å². The van der Waals surface area contributed by atoms with Gasteiger partial charge in [-0.3, -0.25) is 0 Å². The van der Waals surface area contributed by atoms with Crippen molar-refractivity contribution < 1.29 is 17.9 Å². The molecule has 0 aliphatic heterocycles. The summed E-state index contributed by atoms with van der Waals surface area (Å²) in [4.78, 5) is 0. The second-order valence-corrected chi connectivity index (χ2v) is 2.07. The van der Waals surface area contributed by atoms with Crippen LogP contribution in [0.15, 0.2) is 11.8 Å². The van der Waals surface area contributed by atoms with Crippen molar-refractivity contribution in [2.24, 2.45) is 0 Å². The van der Waals surface area contributed by atoms with Gasteiger partial charge in [0.1, 0.15) is 0 Å². The number of hydrogen-bond acceptors (Lipinski definition) is 1. The van der Waals surface area contributed by atoms with Crippen molar-refractivity contribution in [1.29, 1.82) is 0 Å². The van der Waals surface area contributed by atoms with Crippen LogP contribution in [0.25, 0.3) is 0 Å². The Hall–Kier alpha value is -0.670.